The van der Waals surface area contributed by atoms with Crippen molar-refractivity contribution in [3.63, 3.8) is 0 Å². The number of morpholine rings is 1. The van der Waals surface area contributed by atoms with E-state index in [1.54, 1.807) is 0 Å². The molecule has 0 amide bonds. The second kappa shape index (κ2) is 6.18. The van der Waals surface area contributed by atoms with Gasteiger partial charge in [0.2, 0.25) is 5.89 Å². The zero-order chi connectivity index (χ0) is 15.7. The maximum atomic E-state index is 5.79. The largest absolute Gasteiger partial charge is 0.375 e. The van der Waals surface area contributed by atoms with Crippen molar-refractivity contribution in [1.82, 2.24) is 24.8 Å². The fraction of sp³-hybridized carbons (Fsp3) is 0.667. The third-order valence-corrected chi connectivity index (χ3v) is 4.00. The van der Waals surface area contributed by atoms with Crippen LogP contribution in [0, 0.1) is 6.92 Å². The zero-order valence-corrected chi connectivity index (χ0v) is 13.6. The molecule has 0 N–H and O–H groups in total. The van der Waals surface area contributed by atoms with Gasteiger partial charge in [-0.25, -0.2) is 0 Å². The van der Waals surface area contributed by atoms with Crippen LogP contribution in [0.3, 0.4) is 0 Å². The Morgan fingerprint density at radius 3 is 2.91 bits per heavy atom. The van der Waals surface area contributed by atoms with Crippen molar-refractivity contribution >= 4 is 0 Å². The summed E-state index contributed by atoms with van der Waals surface area (Å²) >= 11 is 0. The van der Waals surface area contributed by atoms with Crippen LogP contribution in [0.1, 0.15) is 50.3 Å². The van der Waals surface area contributed by atoms with Crippen LogP contribution >= 0.6 is 0 Å². The van der Waals surface area contributed by atoms with E-state index in [1.807, 2.05) is 13.1 Å². The van der Waals surface area contributed by atoms with Gasteiger partial charge in [0.05, 0.1) is 18.4 Å². The molecular formula is C15H23N5O2. The third kappa shape index (κ3) is 2.91. The molecule has 3 heterocycles. The van der Waals surface area contributed by atoms with E-state index in [9.17, 15) is 0 Å². The topological polar surface area (TPSA) is 69.2 Å². The highest BCUT2D eigenvalue weighted by atomic mass is 16.5. The first-order chi connectivity index (χ1) is 10.6. The average molecular weight is 305 g/mol. The molecule has 2 aromatic rings. The third-order valence-electron chi connectivity index (χ3n) is 4.00. The second-order valence-electron chi connectivity index (χ2n) is 6.03. The molecule has 3 rings (SSSR count). The fourth-order valence-corrected chi connectivity index (χ4v) is 2.99. The number of nitrogens with zero attached hydrogens (tertiary/aromatic N) is 5. The van der Waals surface area contributed by atoms with Crippen molar-refractivity contribution in [3.05, 3.63) is 29.7 Å². The molecule has 0 bridgehead atoms. The fourth-order valence-electron chi connectivity index (χ4n) is 2.99. The van der Waals surface area contributed by atoms with Crippen molar-refractivity contribution in [2.24, 2.45) is 0 Å². The van der Waals surface area contributed by atoms with Crippen LogP contribution in [0.4, 0.5) is 0 Å². The van der Waals surface area contributed by atoms with Crippen molar-refractivity contribution in [2.75, 3.05) is 13.2 Å². The molecule has 0 radical (unpaired) electrons. The van der Waals surface area contributed by atoms with E-state index in [0.29, 0.717) is 24.4 Å². The lowest BCUT2D eigenvalue weighted by molar-refractivity contribution is -0.0771. The van der Waals surface area contributed by atoms with Gasteiger partial charge < -0.3 is 9.26 Å². The first kappa shape index (κ1) is 15.2. The van der Waals surface area contributed by atoms with Crippen LogP contribution in [0.15, 0.2) is 16.8 Å². The maximum Gasteiger partial charge on any atom is 0.246 e. The van der Waals surface area contributed by atoms with E-state index < -0.39 is 0 Å². The van der Waals surface area contributed by atoms with E-state index in [-0.39, 0.29) is 12.1 Å². The van der Waals surface area contributed by atoms with Gasteiger partial charge in [-0.05, 0) is 33.8 Å². The molecule has 0 aliphatic carbocycles. The summed E-state index contributed by atoms with van der Waals surface area (Å²) in [5, 5.41) is 8.33. The van der Waals surface area contributed by atoms with E-state index in [1.165, 1.54) is 5.69 Å². The SMILES string of the molecule is Cc1noc([C@@H]2[C@@H](C)OCCN2Cc2ccnn2C(C)C)n1. The standard InChI is InChI=1S/C15H23N5O2/c1-10(2)20-13(5-6-16-20)9-19-7-8-21-11(3)14(19)15-17-12(4)18-22-15/h5-6,10-11,14H,7-9H2,1-4H3/t11-,14+/m1/s1. The Morgan fingerprint density at radius 2 is 2.23 bits per heavy atom. The monoisotopic (exact) mass is 305 g/mol. The highest BCUT2D eigenvalue weighted by Gasteiger charge is 2.35. The number of ether oxygens (including phenoxy) is 1. The molecule has 7 nitrogen and oxygen atoms in total. The minimum absolute atomic E-state index is 0.0176. The van der Waals surface area contributed by atoms with Gasteiger partial charge in [0, 0.05) is 25.3 Å². The smallest absolute Gasteiger partial charge is 0.246 e. The van der Waals surface area contributed by atoms with E-state index in [4.69, 9.17) is 9.26 Å². The molecule has 22 heavy (non-hydrogen) atoms. The first-order valence-electron chi connectivity index (χ1n) is 7.74. The van der Waals surface area contributed by atoms with Crippen LogP contribution in [-0.2, 0) is 11.3 Å². The van der Waals surface area contributed by atoms with Gasteiger partial charge in [0.15, 0.2) is 5.82 Å². The molecule has 0 spiro atoms. The molecule has 1 aliphatic rings. The molecule has 0 saturated carbocycles. The quantitative estimate of drug-likeness (QED) is 0.862. The number of aromatic nitrogens is 4. The summed E-state index contributed by atoms with van der Waals surface area (Å²) in [6.07, 6.45) is 1.87. The summed E-state index contributed by atoms with van der Waals surface area (Å²) in [6, 6.07) is 2.38. The summed E-state index contributed by atoms with van der Waals surface area (Å²) in [4.78, 5) is 6.73. The van der Waals surface area contributed by atoms with Gasteiger partial charge in [0.25, 0.3) is 0 Å². The molecule has 0 aromatic carbocycles. The summed E-state index contributed by atoms with van der Waals surface area (Å²) in [5.74, 6) is 1.28. The molecule has 1 aliphatic heterocycles. The Kier molecular flexibility index (Phi) is 4.26. The Morgan fingerprint density at radius 1 is 1.41 bits per heavy atom. The molecule has 2 aromatic heterocycles. The highest BCUT2D eigenvalue weighted by Crippen LogP contribution is 2.30. The van der Waals surface area contributed by atoms with Gasteiger partial charge in [0.1, 0.15) is 6.04 Å². The number of hydrogen-bond donors (Lipinski definition) is 0. The Bertz CT molecular complexity index is 621. The molecule has 2 atom stereocenters. The average Bonchev–Trinajstić information content (AvgIpc) is 3.08. The summed E-state index contributed by atoms with van der Waals surface area (Å²) in [6.45, 7) is 10.5. The molecule has 120 valence electrons. The van der Waals surface area contributed by atoms with Crippen LogP contribution in [0.25, 0.3) is 0 Å². The summed E-state index contributed by atoms with van der Waals surface area (Å²) in [5.41, 5.74) is 1.19. The predicted octanol–water partition coefficient (Wildman–Crippen LogP) is 2.12. The summed E-state index contributed by atoms with van der Waals surface area (Å²) < 4.78 is 13.2. The predicted molar refractivity (Wildman–Crippen MR) is 80.2 cm³/mol. The van der Waals surface area contributed by atoms with Gasteiger partial charge >= 0.3 is 0 Å². The van der Waals surface area contributed by atoms with Crippen molar-refractivity contribution in [2.45, 2.75) is 52.4 Å². The zero-order valence-electron chi connectivity index (χ0n) is 13.6. The molecule has 1 saturated heterocycles. The van der Waals surface area contributed by atoms with Gasteiger partial charge in [-0.15, -0.1) is 0 Å². The van der Waals surface area contributed by atoms with Crippen LogP contribution < -0.4 is 0 Å². The van der Waals surface area contributed by atoms with Gasteiger partial charge in [-0.3, -0.25) is 9.58 Å². The van der Waals surface area contributed by atoms with Crippen molar-refractivity contribution in [3.8, 4) is 0 Å². The van der Waals surface area contributed by atoms with Gasteiger partial charge in [-0.2, -0.15) is 10.1 Å². The first-order valence-corrected chi connectivity index (χ1v) is 7.74. The Hall–Kier alpha value is -1.73. The number of hydrogen-bond acceptors (Lipinski definition) is 6. The highest BCUT2D eigenvalue weighted by molar-refractivity contribution is 5.05. The second-order valence-corrected chi connectivity index (χ2v) is 6.03. The van der Waals surface area contributed by atoms with Crippen LogP contribution in [-0.4, -0.2) is 44.1 Å². The lowest BCUT2D eigenvalue weighted by Crippen LogP contribution is -2.44. The lowest BCUT2D eigenvalue weighted by Gasteiger charge is -2.37. The molecular weight excluding hydrogens is 282 g/mol. The van der Waals surface area contributed by atoms with Crippen molar-refractivity contribution < 1.29 is 9.26 Å². The maximum absolute atomic E-state index is 5.79. The van der Waals surface area contributed by atoms with E-state index >= 15 is 0 Å². The molecule has 7 heteroatoms. The minimum atomic E-state index is -0.0227. The normalized spacial score (nSPS) is 23.3. The Labute approximate surface area is 130 Å². The van der Waals surface area contributed by atoms with Crippen LogP contribution in [0.5, 0.6) is 0 Å². The van der Waals surface area contributed by atoms with E-state index in [2.05, 4.69) is 51.7 Å². The summed E-state index contributed by atoms with van der Waals surface area (Å²) in [7, 11) is 0. The molecule has 0 unspecified atom stereocenters. The lowest BCUT2D eigenvalue weighted by atomic mass is 10.1. The van der Waals surface area contributed by atoms with Crippen LogP contribution in [0.2, 0.25) is 0 Å². The van der Waals surface area contributed by atoms with E-state index in [0.717, 1.165) is 13.1 Å². The minimum Gasteiger partial charge on any atom is -0.375 e. The molecule has 1 fully saturated rings. The number of rotatable bonds is 4. The van der Waals surface area contributed by atoms with Gasteiger partial charge in [-0.1, -0.05) is 5.16 Å². The number of aryl methyl sites for hydroxylation is 1. The Balaban J connectivity index is 1.85. The van der Waals surface area contributed by atoms with Crippen molar-refractivity contribution in [1.29, 1.82) is 0 Å².